The number of ether oxygens (including phenoxy) is 1. The molecule has 0 saturated carbocycles. The maximum absolute atomic E-state index is 11.9. The van der Waals surface area contributed by atoms with E-state index in [4.69, 9.17) is 9.88 Å². The molecule has 2 aromatic rings. The van der Waals surface area contributed by atoms with Crippen LogP contribution in [0.1, 0.15) is 22.8 Å². The normalized spacial score (nSPS) is 10.8. The average Bonchev–Trinajstić information content (AvgIpc) is 2.66. The first-order valence-electron chi connectivity index (χ1n) is 8.19. The fraction of sp³-hybridized carbons (Fsp3) is 0.167. The summed E-state index contributed by atoms with van der Waals surface area (Å²) in [5, 5.41) is 9.83. The Hall–Kier alpha value is -3.24. The van der Waals surface area contributed by atoms with Crippen LogP contribution in [0.5, 0.6) is 0 Å². The fourth-order valence-electron chi connectivity index (χ4n) is 2.15. The number of hydrogen-bond acceptors (Lipinski definition) is 6. The van der Waals surface area contributed by atoms with Gasteiger partial charge in [0.05, 0.1) is 17.1 Å². The third-order valence-electron chi connectivity index (χ3n) is 3.57. The van der Waals surface area contributed by atoms with Gasteiger partial charge in [-0.3, -0.25) is 9.59 Å². The van der Waals surface area contributed by atoms with Gasteiger partial charge in [-0.1, -0.05) is 12.1 Å². The third-order valence-corrected chi connectivity index (χ3v) is 4.49. The van der Waals surface area contributed by atoms with E-state index in [0.29, 0.717) is 16.8 Å². The molecular weight excluding hydrogens is 386 g/mol. The minimum absolute atomic E-state index is 0.0267. The topological polar surface area (TPSA) is 145 Å². The predicted molar refractivity (Wildman–Crippen MR) is 101 cm³/mol. The lowest BCUT2D eigenvalue weighted by atomic mass is 10.2. The number of nitrogens with one attached hydrogen (secondary N) is 2. The van der Waals surface area contributed by atoms with Crippen LogP contribution in [0.25, 0.3) is 0 Å². The van der Waals surface area contributed by atoms with E-state index in [1.807, 2.05) is 0 Å². The molecule has 28 heavy (non-hydrogen) atoms. The van der Waals surface area contributed by atoms with Crippen LogP contribution in [0.2, 0.25) is 0 Å². The fourth-order valence-corrected chi connectivity index (χ4v) is 2.67. The minimum Gasteiger partial charge on any atom is -0.462 e. The Bertz CT molecular complexity index is 969. The van der Waals surface area contributed by atoms with Crippen molar-refractivity contribution in [2.24, 2.45) is 5.14 Å². The number of carbonyl (C=O) groups is 3. The van der Waals surface area contributed by atoms with Gasteiger partial charge in [-0.05, 0) is 48.9 Å². The third kappa shape index (κ3) is 5.89. The van der Waals surface area contributed by atoms with E-state index in [1.165, 1.54) is 48.5 Å². The van der Waals surface area contributed by atoms with Crippen LogP contribution in [0.15, 0.2) is 53.4 Å². The lowest BCUT2D eigenvalue weighted by molar-refractivity contribution is -0.136. The molecule has 2 aromatic carbocycles. The van der Waals surface area contributed by atoms with Crippen LogP contribution in [0.3, 0.4) is 0 Å². The first-order chi connectivity index (χ1) is 13.2. The number of amides is 2. The van der Waals surface area contributed by atoms with Crippen molar-refractivity contribution in [3.05, 3.63) is 59.7 Å². The Kier molecular flexibility index (Phi) is 6.85. The monoisotopic (exact) mass is 405 g/mol. The van der Waals surface area contributed by atoms with Crippen LogP contribution in [0, 0.1) is 0 Å². The van der Waals surface area contributed by atoms with Gasteiger partial charge in [0, 0.05) is 12.2 Å². The zero-order valence-corrected chi connectivity index (χ0v) is 15.8. The van der Waals surface area contributed by atoms with Crippen molar-refractivity contribution in [1.29, 1.82) is 0 Å². The molecule has 0 aliphatic heterocycles. The van der Waals surface area contributed by atoms with E-state index >= 15 is 0 Å². The molecule has 0 atom stereocenters. The van der Waals surface area contributed by atoms with Crippen molar-refractivity contribution in [3.63, 3.8) is 0 Å². The first kappa shape index (κ1) is 21.1. The van der Waals surface area contributed by atoms with Crippen LogP contribution >= 0.6 is 0 Å². The molecule has 2 amide bonds. The number of esters is 1. The predicted octanol–water partition coefficient (Wildman–Crippen LogP) is 0.766. The maximum Gasteiger partial charge on any atom is 0.338 e. The van der Waals surface area contributed by atoms with Gasteiger partial charge >= 0.3 is 17.8 Å². The molecule has 4 N–H and O–H groups in total. The maximum atomic E-state index is 11.9. The number of hydrogen-bond donors (Lipinski definition) is 3. The van der Waals surface area contributed by atoms with Gasteiger partial charge in [-0.2, -0.15) is 0 Å². The molecule has 0 bridgehead atoms. The average molecular weight is 405 g/mol. The lowest BCUT2D eigenvalue weighted by Crippen LogP contribution is -2.34. The highest BCUT2D eigenvalue weighted by molar-refractivity contribution is 7.89. The summed E-state index contributed by atoms with van der Waals surface area (Å²) in [4.78, 5) is 35.3. The molecule has 0 aliphatic carbocycles. The number of rotatable bonds is 6. The molecule has 10 heteroatoms. The van der Waals surface area contributed by atoms with Gasteiger partial charge in [-0.25, -0.2) is 18.4 Å². The number of benzene rings is 2. The summed E-state index contributed by atoms with van der Waals surface area (Å²) in [5.41, 5.74) is 1.25. The van der Waals surface area contributed by atoms with Crippen LogP contribution in [-0.4, -0.2) is 32.8 Å². The number of nitrogens with two attached hydrogens (primary N) is 1. The molecule has 9 nitrogen and oxygen atoms in total. The van der Waals surface area contributed by atoms with Crippen molar-refractivity contribution in [2.45, 2.75) is 18.4 Å². The highest BCUT2D eigenvalue weighted by atomic mass is 32.2. The largest absolute Gasteiger partial charge is 0.462 e. The molecular formula is C18H19N3O6S. The number of anilines is 1. The van der Waals surface area contributed by atoms with Gasteiger partial charge in [0.25, 0.3) is 0 Å². The summed E-state index contributed by atoms with van der Waals surface area (Å²) in [6.07, 6.45) is 0. The van der Waals surface area contributed by atoms with E-state index in [2.05, 4.69) is 10.6 Å². The molecule has 0 aromatic heterocycles. The second-order valence-electron chi connectivity index (χ2n) is 5.62. The van der Waals surface area contributed by atoms with Crippen molar-refractivity contribution < 1.29 is 27.5 Å². The molecule has 0 saturated heterocycles. The number of sulfonamides is 1. The van der Waals surface area contributed by atoms with Gasteiger partial charge in [0.2, 0.25) is 10.0 Å². The van der Waals surface area contributed by atoms with E-state index in [1.54, 1.807) is 6.92 Å². The number of carbonyl (C=O) groups excluding carboxylic acids is 3. The Morgan fingerprint density at radius 1 is 0.964 bits per heavy atom. The molecule has 0 spiro atoms. The Morgan fingerprint density at radius 3 is 2.11 bits per heavy atom. The molecule has 0 radical (unpaired) electrons. The summed E-state index contributed by atoms with van der Waals surface area (Å²) in [5.74, 6) is -2.23. The van der Waals surface area contributed by atoms with Crippen LogP contribution in [0.4, 0.5) is 5.69 Å². The summed E-state index contributed by atoms with van der Waals surface area (Å²) in [6.45, 7) is 1.97. The van der Waals surface area contributed by atoms with E-state index in [-0.39, 0.29) is 18.0 Å². The van der Waals surface area contributed by atoms with Gasteiger partial charge < -0.3 is 15.4 Å². The van der Waals surface area contributed by atoms with E-state index in [0.717, 1.165) is 0 Å². The van der Waals surface area contributed by atoms with Gasteiger partial charge in [-0.15, -0.1) is 0 Å². The molecule has 0 heterocycles. The molecule has 148 valence electrons. The van der Waals surface area contributed by atoms with Crippen molar-refractivity contribution in [3.8, 4) is 0 Å². The van der Waals surface area contributed by atoms with Crippen LogP contribution < -0.4 is 15.8 Å². The highest BCUT2D eigenvalue weighted by Crippen LogP contribution is 2.11. The van der Waals surface area contributed by atoms with Crippen LogP contribution in [-0.2, 0) is 30.9 Å². The molecule has 0 unspecified atom stereocenters. The lowest BCUT2D eigenvalue weighted by Gasteiger charge is -2.08. The Labute approximate surface area is 161 Å². The second kappa shape index (κ2) is 9.11. The summed E-state index contributed by atoms with van der Waals surface area (Å²) in [7, 11) is -3.79. The minimum atomic E-state index is -3.79. The zero-order valence-electron chi connectivity index (χ0n) is 15.0. The molecule has 0 fully saturated rings. The van der Waals surface area contributed by atoms with E-state index in [9.17, 15) is 22.8 Å². The van der Waals surface area contributed by atoms with Crippen molar-refractivity contribution in [2.75, 3.05) is 11.9 Å². The summed E-state index contributed by atoms with van der Waals surface area (Å²) >= 11 is 0. The highest BCUT2D eigenvalue weighted by Gasteiger charge is 2.14. The Balaban J connectivity index is 1.89. The quantitative estimate of drug-likeness (QED) is 0.478. The van der Waals surface area contributed by atoms with Crippen molar-refractivity contribution >= 4 is 33.5 Å². The Morgan fingerprint density at radius 2 is 1.57 bits per heavy atom. The van der Waals surface area contributed by atoms with Gasteiger partial charge in [0.1, 0.15) is 0 Å². The smallest absolute Gasteiger partial charge is 0.338 e. The summed E-state index contributed by atoms with van der Waals surface area (Å²) < 4.78 is 27.2. The molecule has 0 aliphatic rings. The SMILES string of the molecule is CCOC(=O)c1ccc(NC(=O)C(=O)NCc2ccc(S(N)(=O)=O)cc2)cc1. The second-order valence-corrected chi connectivity index (χ2v) is 7.19. The van der Waals surface area contributed by atoms with E-state index < -0.39 is 27.8 Å². The first-order valence-corrected chi connectivity index (χ1v) is 9.73. The molecule has 2 rings (SSSR count). The zero-order chi connectivity index (χ0) is 20.7. The summed E-state index contributed by atoms with van der Waals surface area (Å²) in [6, 6.07) is 11.5. The standard InChI is InChI=1S/C18H19N3O6S/c1-2-27-18(24)13-5-7-14(8-6-13)21-17(23)16(22)20-11-12-3-9-15(10-4-12)28(19,25)26/h3-10H,2,11H2,1H3,(H,20,22)(H,21,23)(H2,19,25,26). The number of primary sulfonamides is 1. The van der Waals surface area contributed by atoms with Gasteiger partial charge in [0.15, 0.2) is 0 Å². The van der Waals surface area contributed by atoms with Crippen molar-refractivity contribution in [1.82, 2.24) is 5.32 Å².